The van der Waals surface area contributed by atoms with E-state index in [2.05, 4.69) is 30.4 Å². The van der Waals surface area contributed by atoms with Crippen LogP contribution in [0.15, 0.2) is 42.6 Å². The average molecular weight is 177 g/mol. The number of rotatable bonds is 0. The van der Waals surface area contributed by atoms with Gasteiger partial charge in [-0.15, -0.1) is 0 Å². The second-order valence-electron chi connectivity index (χ2n) is 2.47. The Kier molecular flexibility index (Phi) is 8.01. The van der Waals surface area contributed by atoms with Crippen molar-refractivity contribution in [3.8, 4) is 0 Å². The van der Waals surface area contributed by atoms with Gasteiger partial charge in [0, 0.05) is 6.54 Å². The predicted molar refractivity (Wildman–Crippen MR) is 59.7 cm³/mol. The molecule has 1 aliphatic heterocycles. The van der Waals surface area contributed by atoms with Crippen molar-refractivity contribution in [1.29, 1.82) is 0 Å². The van der Waals surface area contributed by atoms with Crippen molar-refractivity contribution in [2.75, 3.05) is 6.54 Å². The Hall–Kier alpha value is -1.24. The summed E-state index contributed by atoms with van der Waals surface area (Å²) in [5.41, 5.74) is 1.32. The Morgan fingerprint density at radius 1 is 1.08 bits per heavy atom. The topological polar surface area (TPSA) is 12.0 Å². The molecule has 0 aliphatic carbocycles. The van der Waals surface area contributed by atoms with Crippen LogP contribution < -0.4 is 5.32 Å². The molecule has 0 radical (unpaired) electrons. The number of hydrogen-bond donors (Lipinski definition) is 1. The lowest BCUT2D eigenvalue weighted by Crippen LogP contribution is -2.12. The normalized spacial score (nSPS) is 10.7. The Balaban J connectivity index is 0.000000204. The van der Waals surface area contributed by atoms with E-state index in [1.54, 1.807) is 0 Å². The molecule has 0 spiro atoms. The van der Waals surface area contributed by atoms with Crippen molar-refractivity contribution in [2.24, 2.45) is 0 Å². The molecular formula is C12H19N. The summed E-state index contributed by atoms with van der Waals surface area (Å²) in [6, 6.07) is 10.3. The van der Waals surface area contributed by atoms with E-state index >= 15 is 0 Å². The third-order valence-electron chi connectivity index (χ3n) is 1.41. The van der Waals surface area contributed by atoms with Crippen LogP contribution in [0.3, 0.4) is 0 Å². The van der Waals surface area contributed by atoms with Crippen molar-refractivity contribution in [2.45, 2.75) is 20.8 Å². The third kappa shape index (κ3) is 7.13. The van der Waals surface area contributed by atoms with Gasteiger partial charge in [-0.1, -0.05) is 49.7 Å². The van der Waals surface area contributed by atoms with Crippen molar-refractivity contribution >= 4 is 0 Å². The molecule has 0 amide bonds. The van der Waals surface area contributed by atoms with Crippen LogP contribution in [0.5, 0.6) is 0 Å². The van der Waals surface area contributed by atoms with Gasteiger partial charge in [-0.25, -0.2) is 0 Å². The lowest BCUT2D eigenvalue weighted by molar-refractivity contribution is 0.902. The SMILES string of the molecule is C1=CNC1.CC.Cc1ccccc1. The Bertz CT molecular complexity index is 208. The van der Waals surface area contributed by atoms with Gasteiger partial charge >= 0.3 is 0 Å². The van der Waals surface area contributed by atoms with Crippen LogP contribution in [0.2, 0.25) is 0 Å². The molecule has 13 heavy (non-hydrogen) atoms. The van der Waals surface area contributed by atoms with E-state index in [1.807, 2.05) is 38.2 Å². The van der Waals surface area contributed by atoms with E-state index in [9.17, 15) is 0 Å². The van der Waals surface area contributed by atoms with Crippen LogP contribution in [0, 0.1) is 6.92 Å². The summed E-state index contributed by atoms with van der Waals surface area (Å²) < 4.78 is 0. The van der Waals surface area contributed by atoms with E-state index in [0.717, 1.165) is 6.54 Å². The smallest absolute Gasteiger partial charge is 0.0342 e. The molecule has 1 aromatic carbocycles. The first-order valence-corrected chi connectivity index (χ1v) is 4.79. The van der Waals surface area contributed by atoms with Crippen molar-refractivity contribution in [3.05, 3.63) is 48.2 Å². The monoisotopic (exact) mass is 177 g/mol. The molecule has 1 nitrogen and oxygen atoms in total. The number of hydrogen-bond acceptors (Lipinski definition) is 1. The molecule has 0 bridgehead atoms. The third-order valence-corrected chi connectivity index (χ3v) is 1.41. The second-order valence-corrected chi connectivity index (χ2v) is 2.47. The molecule has 1 heterocycles. The van der Waals surface area contributed by atoms with Crippen LogP contribution in [0.1, 0.15) is 19.4 Å². The van der Waals surface area contributed by atoms with Gasteiger partial charge in [-0.3, -0.25) is 0 Å². The Labute approximate surface area is 81.5 Å². The lowest BCUT2D eigenvalue weighted by Gasteiger charge is -1.99. The molecule has 0 saturated carbocycles. The molecule has 0 saturated heterocycles. The number of aryl methyl sites for hydroxylation is 1. The van der Waals surface area contributed by atoms with E-state index in [4.69, 9.17) is 0 Å². The zero-order valence-corrected chi connectivity index (χ0v) is 8.75. The maximum absolute atomic E-state index is 2.93. The standard InChI is InChI=1S/C7H8.C3H5N.C2H6/c1-7-5-3-2-4-6-7;1-2-4-3-1;1-2/h2-6H,1H3;1-2,4H,3H2;1-2H3. The molecule has 1 N–H and O–H groups in total. The fourth-order valence-electron chi connectivity index (χ4n) is 0.652. The highest BCUT2D eigenvalue weighted by Crippen LogP contribution is 1.92. The first kappa shape index (κ1) is 11.8. The minimum absolute atomic E-state index is 1.07. The maximum atomic E-state index is 2.93. The van der Waals surface area contributed by atoms with E-state index in [1.165, 1.54) is 5.56 Å². The van der Waals surface area contributed by atoms with Gasteiger partial charge < -0.3 is 5.32 Å². The highest BCUT2D eigenvalue weighted by atomic mass is 14.9. The minimum Gasteiger partial charge on any atom is -0.388 e. The van der Waals surface area contributed by atoms with Crippen molar-refractivity contribution < 1.29 is 0 Å². The van der Waals surface area contributed by atoms with Crippen LogP contribution in [-0.4, -0.2) is 6.54 Å². The molecule has 0 unspecified atom stereocenters. The van der Waals surface area contributed by atoms with Gasteiger partial charge in [-0.05, 0) is 19.2 Å². The zero-order chi connectivity index (χ0) is 9.94. The van der Waals surface area contributed by atoms with Crippen molar-refractivity contribution in [1.82, 2.24) is 5.32 Å². The summed E-state index contributed by atoms with van der Waals surface area (Å²) in [5.74, 6) is 0. The molecule has 72 valence electrons. The van der Waals surface area contributed by atoms with Gasteiger partial charge in [0.15, 0.2) is 0 Å². The number of benzene rings is 1. The summed E-state index contributed by atoms with van der Waals surface area (Å²) in [6.45, 7) is 7.15. The highest BCUT2D eigenvalue weighted by Gasteiger charge is 1.76. The highest BCUT2D eigenvalue weighted by molar-refractivity contribution is 5.11. The molecule has 1 aliphatic rings. The first-order valence-electron chi connectivity index (χ1n) is 4.79. The summed E-state index contributed by atoms with van der Waals surface area (Å²) >= 11 is 0. The summed E-state index contributed by atoms with van der Waals surface area (Å²) in [7, 11) is 0. The summed E-state index contributed by atoms with van der Waals surface area (Å²) in [6.07, 6.45) is 4.00. The van der Waals surface area contributed by atoms with Crippen molar-refractivity contribution in [3.63, 3.8) is 0 Å². The van der Waals surface area contributed by atoms with E-state index < -0.39 is 0 Å². The Morgan fingerprint density at radius 3 is 1.62 bits per heavy atom. The summed E-state index contributed by atoms with van der Waals surface area (Å²) in [4.78, 5) is 0. The van der Waals surface area contributed by atoms with Gasteiger partial charge in [-0.2, -0.15) is 0 Å². The van der Waals surface area contributed by atoms with Gasteiger partial charge in [0.05, 0.1) is 0 Å². The van der Waals surface area contributed by atoms with Gasteiger partial charge in [0.25, 0.3) is 0 Å². The van der Waals surface area contributed by atoms with E-state index in [-0.39, 0.29) is 0 Å². The van der Waals surface area contributed by atoms with Crippen LogP contribution in [0.25, 0.3) is 0 Å². The Morgan fingerprint density at radius 2 is 1.46 bits per heavy atom. The van der Waals surface area contributed by atoms with Gasteiger partial charge in [0.1, 0.15) is 0 Å². The first-order chi connectivity index (χ1) is 6.39. The van der Waals surface area contributed by atoms with Gasteiger partial charge in [0.2, 0.25) is 0 Å². The molecular weight excluding hydrogens is 158 g/mol. The average Bonchev–Trinajstić information content (AvgIpc) is 2.06. The fraction of sp³-hybridized carbons (Fsp3) is 0.333. The molecule has 2 rings (SSSR count). The number of nitrogens with one attached hydrogen (secondary N) is 1. The lowest BCUT2D eigenvalue weighted by atomic mass is 10.2. The van der Waals surface area contributed by atoms with Crippen LogP contribution in [-0.2, 0) is 0 Å². The van der Waals surface area contributed by atoms with Crippen LogP contribution >= 0.6 is 0 Å². The van der Waals surface area contributed by atoms with E-state index in [0.29, 0.717) is 0 Å². The fourth-order valence-corrected chi connectivity index (χ4v) is 0.652. The van der Waals surface area contributed by atoms with Crippen LogP contribution in [0.4, 0.5) is 0 Å². The maximum Gasteiger partial charge on any atom is 0.0342 e. The quantitative estimate of drug-likeness (QED) is 0.642. The second kappa shape index (κ2) is 8.85. The predicted octanol–water partition coefficient (Wildman–Crippen LogP) is 3.12. The largest absolute Gasteiger partial charge is 0.388 e. The molecule has 1 heteroatoms. The molecule has 0 fully saturated rings. The summed E-state index contributed by atoms with van der Waals surface area (Å²) in [5, 5.41) is 2.93. The molecule has 0 atom stereocenters. The molecule has 1 aromatic rings. The molecule has 0 aromatic heterocycles. The minimum atomic E-state index is 1.07. The zero-order valence-electron chi connectivity index (χ0n) is 8.75.